The lowest BCUT2D eigenvalue weighted by Gasteiger charge is -2.30. The molecular formula is C10H21ClN2O. The van der Waals surface area contributed by atoms with Gasteiger partial charge in [0.2, 0.25) is 5.91 Å². The Hall–Kier alpha value is -0.280. The van der Waals surface area contributed by atoms with Crippen LogP contribution in [0.4, 0.5) is 0 Å². The zero-order chi connectivity index (χ0) is 10.1. The van der Waals surface area contributed by atoms with Crippen molar-refractivity contribution in [2.24, 2.45) is 11.1 Å². The Morgan fingerprint density at radius 3 is 2.43 bits per heavy atom. The Labute approximate surface area is 92.4 Å². The van der Waals surface area contributed by atoms with Crippen LogP contribution in [0.3, 0.4) is 0 Å². The average Bonchev–Trinajstić information content (AvgIpc) is 2.34. The van der Waals surface area contributed by atoms with Crippen LogP contribution >= 0.6 is 12.4 Å². The Bertz CT molecular complexity index is 201. The molecule has 1 saturated heterocycles. The smallest absolute Gasteiger partial charge is 0.222 e. The van der Waals surface area contributed by atoms with E-state index in [0.717, 1.165) is 13.0 Å². The zero-order valence-corrected chi connectivity index (χ0v) is 10.1. The molecule has 1 atom stereocenters. The number of likely N-dealkylation sites (tertiary alicyclic amines) is 1. The van der Waals surface area contributed by atoms with Crippen molar-refractivity contribution < 1.29 is 4.79 Å². The van der Waals surface area contributed by atoms with E-state index >= 15 is 0 Å². The molecule has 3 nitrogen and oxygen atoms in total. The van der Waals surface area contributed by atoms with E-state index in [-0.39, 0.29) is 29.8 Å². The predicted octanol–water partition coefficient (Wildman–Crippen LogP) is 1.40. The summed E-state index contributed by atoms with van der Waals surface area (Å²) in [7, 11) is 0. The molecule has 84 valence electrons. The van der Waals surface area contributed by atoms with Crippen LogP contribution in [0, 0.1) is 5.41 Å². The molecule has 1 aliphatic heterocycles. The van der Waals surface area contributed by atoms with Gasteiger partial charge in [0.05, 0.1) is 0 Å². The van der Waals surface area contributed by atoms with Gasteiger partial charge >= 0.3 is 0 Å². The number of hydrogen-bond acceptors (Lipinski definition) is 2. The minimum absolute atomic E-state index is 0. The maximum atomic E-state index is 11.3. The third kappa shape index (κ3) is 3.46. The molecule has 0 unspecified atom stereocenters. The molecule has 0 spiro atoms. The van der Waals surface area contributed by atoms with Gasteiger partial charge in [0.1, 0.15) is 0 Å². The Balaban J connectivity index is 0.00000169. The molecule has 2 N–H and O–H groups in total. The van der Waals surface area contributed by atoms with Gasteiger partial charge in [-0.2, -0.15) is 0 Å². The summed E-state index contributed by atoms with van der Waals surface area (Å²) in [5.41, 5.74) is 6.09. The van der Waals surface area contributed by atoms with Crippen LogP contribution < -0.4 is 5.73 Å². The summed E-state index contributed by atoms with van der Waals surface area (Å²) in [6.07, 6.45) is 1.70. The minimum Gasteiger partial charge on any atom is -0.341 e. The van der Waals surface area contributed by atoms with E-state index < -0.39 is 0 Å². The third-order valence-corrected chi connectivity index (χ3v) is 2.70. The van der Waals surface area contributed by atoms with Crippen LogP contribution in [0.2, 0.25) is 0 Å². The third-order valence-electron chi connectivity index (χ3n) is 2.70. The van der Waals surface area contributed by atoms with Gasteiger partial charge in [0, 0.05) is 25.6 Å². The van der Waals surface area contributed by atoms with Crippen molar-refractivity contribution in [1.29, 1.82) is 0 Å². The van der Waals surface area contributed by atoms with Crippen LogP contribution in [0.1, 0.15) is 33.6 Å². The van der Waals surface area contributed by atoms with Gasteiger partial charge in [0.15, 0.2) is 0 Å². The first-order valence-corrected chi connectivity index (χ1v) is 4.94. The van der Waals surface area contributed by atoms with Gasteiger partial charge in [-0.25, -0.2) is 0 Å². The summed E-state index contributed by atoms with van der Waals surface area (Å²) < 4.78 is 0. The molecule has 1 amide bonds. The summed E-state index contributed by atoms with van der Waals surface area (Å²) in [4.78, 5) is 13.2. The second kappa shape index (κ2) is 4.99. The Morgan fingerprint density at radius 2 is 2.07 bits per heavy atom. The molecular weight excluding hydrogens is 200 g/mol. The average molecular weight is 221 g/mol. The maximum absolute atomic E-state index is 11.3. The van der Waals surface area contributed by atoms with E-state index in [1.165, 1.54) is 0 Å². The lowest BCUT2D eigenvalue weighted by molar-refractivity contribution is -0.128. The number of halogens is 1. The number of hydrogen-bond donors (Lipinski definition) is 1. The Kier molecular flexibility index (Phi) is 4.89. The van der Waals surface area contributed by atoms with E-state index in [0.29, 0.717) is 13.0 Å². The van der Waals surface area contributed by atoms with Crippen LogP contribution in [-0.4, -0.2) is 29.9 Å². The lowest BCUT2D eigenvalue weighted by Crippen LogP contribution is -2.45. The van der Waals surface area contributed by atoms with E-state index in [9.17, 15) is 4.79 Å². The van der Waals surface area contributed by atoms with Crippen molar-refractivity contribution >= 4 is 18.3 Å². The van der Waals surface area contributed by atoms with Gasteiger partial charge in [-0.05, 0) is 11.8 Å². The Morgan fingerprint density at radius 1 is 1.50 bits per heavy atom. The summed E-state index contributed by atoms with van der Waals surface area (Å²) >= 11 is 0. The fourth-order valence-electron chi connectivity index (χ4n) is 1.41. The number of nitrogens with two attached hydrogens (primary N) is 1. The highest BCUT2D eigenvalue weighted by molar-refractivity contribution is 5.85. The van der Waals surface area contributed by atoms with Gasteiger partial charge in [-0.15, -0.1) is 12.4 Å². The normalized spacial score (nSPS) is 19.4. The van der Waals surface area contributed by atoms with Crippen LogP contribution in [0.15, 0.2) is 0 Å². The SMILES string of the molecule is CC(C)(C)[C@H](N)CN1CCCC1=O.Cl. The first-order valence-electron chi connectivity index (χ1n) is 4.94. The van der Waals surface area contributed by atoms with Gasteiger partial charge in [-0.3, -0.25) is 4.79 Å². The first-order chi connectivity index (χ1) is 5.91. The second-order valence-electron chi connectivity index (χ2n) is 4.92. The minimum atomic E-state index is 0. The molecule has 1 heterocycles. The van der Waals surface area contributed by atoms with Crippen molar-refractivity contribution in [3.05, 3.63) is 0 Å². The molecule has 0 aromatic rings. The summed E-state index contributed by atoms with van der Waals surface area (Å²) in [6.45, 7) is 7.93. The number of carbonyl (C=O) groups excluding carboxylic acids is 1. The summed E-state index contributed by atoms with van der Waals surface area (Å²) in [5, 5.41) is 0. The largest absolute Gasteiger partial charge is 0.341 e. The van der Waals surface area contributed by atoms with E-state index in [1.807, 2.05) is 4.90 Å². The molecule has 0 bridgehead atoms. The molecule has 0 aromatic heterocycles. The first kappa shape index (κ1) is 13.7. The van der Waals surface area contributed by atoms with Crippen molar-refractivity contribution in [3.8, 4) is 0 Å². The van der Waals surface area contributed by atoms with Gasteiger partial charge < -0.3 is 10.6 Å². The number of rotatable bonds is 2. The fraction of sp³-hybridized carbons (Fsp3) is 0.900. The molecule has 14 heavy (non-hydrogen) atoms. The monoisotopic (exact) mass is 220 g/mol. The number of amides is 1. The van der Waals surface area contributed by atoms with E-state index in [1.54, 1.807) is 0 Å². The number of carbonyl (C=O) groups is 1. The zero-order valence-electron chi connectivity index (χ0n) is 9.25. The van der Waals surface area contributed by atoms with Crippen molar-refractivity contribution in [1.82, 2.24) is 4.90 Å². The predicted molar refractivity (Wildman–Crippen MR) is 60.5 cm³/mol. The van der Waals surface area contributed by atoms with Crippen LogP contribution in [-0.2, 0) is 4.79 Å². The second-order valence-corrected chi connectivity index (χ2v) is 4.92. The van der Waals surface area contributed by atoms with Gasteiger partial charge in [0.25, 0.3) is 0 Å². The standard InChI is InChI=1S/C10H20N2O.ClH/c1-10(2,3)8(11)7-12-6-4-5-9(12)13;/h8H,4-7,11H2,1-3H3;1H/t8-;/m1./s1. The highest BCUT2D eigenvalue weighted by atomic mass is 35.5. The van der Waals surface area contributed by atoms with Crippen molar-refractivity contribution in [2.45, 2.75) is 39.7 Å². The summed E-state index contributed by atoms with van der Waals surface area (Å²) in [5.74, 6) is 0.264. The highest BCUT2D eigenvalue weighted by Crippen LogP contribution is 2.20. The molecule has 1 aliphatic rings. The van der Waals surface area contributed by atoms with E-state index in [4.69, 9.17) is 5.73 Å². The maximum Gasteiger partial charge on any atom is 0.222 e. The molecule has 1 rings (SSSR count). The molecule has 1 fully saturated rings. The van der Waals surface area contributed by atoms with E-state index in [2.05, 4.69) is 20.8 Å². The van der Waals surface area contributed by atoms with Crippen LogP contribution in [0.25, 0.3) is 0 Å². The fourth-order valence-corrected chi connectivity index (χ4v) is 1.41. The number of nitrogens with zero attached hydrogens (tertiary/aromatic N) is 1. The summed E-state index contributed by atoms with van der Waals surface area (Å²) in [6, 6.07) is 0.0783. The van der Waals surface area contributed by atoms with Gasteiger partial charge in [-0.1, -0.05) is 20.8 Å². The highest BCUT2D eigenvalue weighted by Gasteiger charge is 2.27. The molecule has 0 saturated carbocycles. The topological polar surface area (TPSA) is 46.3 Å². The molecule has 0 aliphatic carbocycles. The lowest BCUT2D eigenvalue weighted by atomic mass is 9.87. The van der Waals surface area contributed by atoms with Crippen molar-refractivity contribution in [3.63, 3.8) is 0 Å². The van der Waals surface area contributed by atoms with Crippen LogP contribution in [0.5, 0.6) is 0 Å². The van der Waals surface area contributed by atoms with Crippen molar-refractivity contribution in [2.75, 3.05) is 13.1 Å². The quantitative estimate of drug-likeness (QED) is 0.765. The molecule has 4 heteroatoms. The molecule has 0 aromatic carbocycles. The molecule has 0 radical (unpaired) electrons.